The molecule has 0 spiro atoms. The zero-order valence-electron chi connectivity index (χ0n) is 22.9. The Morgan fingerprint density at radius 1 is 1.05 bits per heavy atom. The van der Waals surface area contributed by atoms with Gasteiger partial charge < -0.3 is 15.2 Å². The fraction of sp³-hybridized carbons (Fsp3) is 0.207. The van der Waals surface area contributed by atoms with E-state index in [1.807, 2.05) is 6.07 Å². The van der Waals surface area contributed by atoms with Gasteiger partial charge in [0.15, 0.2) is 0 Å². The lowest BCUT2D eigenvalue weighted by atomic mass is 9.96. The Morgan fingerprint density at radius 3 is 2.29 bits per heavy atom. The van der Waals surface area contributed by atoms with Crippen LogP contribution in [0.15, 0.2) is 71.6 Å². The van der Waals surface area contributed by atoms with Crippen molar-refractivity contribution in [3.8, 4) is 0 Å². The first-order valence-electron chi connectivity index (χ1n) is 12.5. The van der Waals surface area contributed by atoms with E-state index in [1.165, 1.54) is 51.4 Å². The molecule has 0 fully saturated rings. The number of imide groups is 1. The van der Waals surface area contributed by atoms with Crippen molar-refractivity contribution >= 4 is 50.5 Å². The van der Waals surface area contributed by atoms with E-state index in [9.17, 15) is 22.8 Å². The summed E-state index contributed by atoms with van der Waals surface area (Å²) >= 11 is 0. The largest absolute Gasteiger partial charge is 0.465 e. The molecule has 0 radical (unpaired) electrons. The molecule has 1 aliphatic rings. The van der Waals surface area contributed by atoms with Gasteiger partial charge in [0, 0.05) is 25.2 Å². The molecule has 0 atom stereocenters. The molecule has 1 aliphatic heterocycles. The maximum absolute atomic E-state index is 13.8. The number of carbonyl (C=O) groups is 3. The summed E-state index contributed by atoms with van der Waals surface area (Å²) in [7, 11) is -1.50. The molecule has 0 saturated carbocycles. The number of nitrogens with one attached hydrogen (secondary N) is 1. The predicted molar refractivity (Wildman–Crippen MR) is 152 cm³/mol. The van der Waals surface area contributed by atoms with E-state index in [2.05, 4.69) is 5.32 Å². The van der Waals surface area contributed by atoms with Gasteiger partial charge in [-0.3, -0.25) is 14.4 Å². The van der Waals surface area contributed by atoms with Crippen LogP contribution in [0.25, 0.3) is 11.3 Å². The Balaban J connectivity index is 1.85. The quantitative estimate of drug-likeness (QED) is 0.222. The maximum Gasteiger partial charge on any atom is 0.338 e. The van der Waals surface area contributed by atoms with Crippen LogP contribution >= 0.6 is 0 Å². The molecule has 12 heteroatoms. The van der Waals surface area contributed by atoms with Gasteiger partial charge in [0.05, 0.1) is 47.7 Å². The topological polar surface area (TPSA) is 143 Å². The van der Waals surface area contributed by atoms with E-state index in [1.54, 1.807) is 37.3 Å². The Bertz CT molecular complexity index is 1630. The lowest BCUT2D eigenvalue weighted by molar-refractivity contribution is -0.122. The number of methoxy groups -OCH3 is 1. The van der Waals surface area contributed by atoms with Crippen LogP contribution in [0.5, 0.6) is 0 Å². The van der Waals surface area contributed by atoms with Crippen LogP contribution in [0.1, 0.15) is 34.0 Å². The third-order valence-corrected chi connectivity index (χ3v) is 8.08. The number of nitrogens with zero attached hydrogens (tertiary/aromatic N) is 2. The SMILES string of the molecule is COC(=O)c1cc2c(cc1C)/C(=C(/Nc1ccc(S(=O)(=O)N(C)OCCO)cc1)c1ccccc1)C(=O)N2C(C)=O. The van der Waals surface area contributed by atoms with Crippen molar-refractivity contribution in [2.45, 2.75) is 18.7 Å². The number of rotatable bonds is 9. The molecule has 0 unspecified atom stereocenters. The van der Waals surface area contributed by atoms with Crippen LogP contribution in [-0.2, 0) is 29.2 Å². The maximum atomic E-state index is 13.8. The summed E-state index contributed by atoms with van der Waals surface area (Å²) in [6.45, 7) is 2.45. The number of hydrogen-bond acceptors (Lipinski definition) is 9. The van der Waals surface area contributed by atoms with Crippen LogP contribution < -0.4 is 10.2 Å². The molecule has 41 heavy (non-hydrogen) atoms. The molecule has 3 aromatic rings. The third-order valence-electron chi connectivity index (χ3n) is 6.43. The first-order chi connectivity index (χ1) is 19.5. The Hall–Kier alpha value is -4.36. The Labute approximate surface area is 237 Å². The monoisotopic (exact) mass is 579 g/mol. The second-order valence-electron chi connectivity index (χ2n) is 9.07. The van der Waals surface area contributed by atoms with Crippen molar-refractivity contribution < 1.29 is 37.5 Å². The van der Waals surface area contributed by atoms with E-state index < -0.39 is 27.8 Å². The molecule has 0 saturated heterocycles. The van der Waals surface area contributed by atoms with Crippen LogP contribution in [0, 0.1) is 6.92 Å². The highest BCUT2D eigenvalue weighted by Crippen LogP contribution is 2.43. The molecule has 4 rings (SSSR count). The molecule has 214 valence electrons. The number of aliphatic hydroxyl groups is 1. The number of esters is 1. The number of anilines is 2. The van der Waals surface area contributed by atoms with Gasteiger partial charge >= 0.3 is 5.97 Å². The Kier molecular flexibility index (Phi) is 8.69. The number of amides is 2. The number of benzene rings is 3. The molecule has 0 bridgehead atoms. The summed E-state index contributed by atoms with van der Waals surface area (Å²) in [5.74, 6) is -1.70. The number of carbonyl (C=O) groups excluding carboxylic acids is 3. The normalized spacial score (nSPS) is 14.2. The van der Waals surface area contributed by atoms with Gasteiger partial charge in [-0.25, -0.2) is 18.1 Å². The zero-order chi connectivity index (χ0) is 29.9. The molecular formula is C29H29N3O8S. The molecule has 2 N–H and O–H groups in total. The highest BCUT2D eigenvalue weighted by Gasteiger charge is 2.39. The fourth-order valence-corrected chi connectivity index (χ4v) is 5.42. The molecule has 2 amide bonds. The minimum atomic E-state index is -3.98. The van der Waals surface area contributed by atoms with E-state index in [0.717, 1.165) is 4.90 Å². The van der Waals surface area contributed by atoms with Gasteiger partial charge in [-0.05, 0) is 54.4 Å². The van der Waals surface area contributed by atoms with Crippen molar-refractivity contribution in [3.63, 3.8) is 0 Å². The van der Waals surface area contributed by atoms with Gasteiger partial charge in [-0.1, -0.05) is 34.8 Å². The second kappa shape index (κ2) is 12.0. The minimum Gasteiger partial charge on any atom is -0.465 e. The number of sulfonamides is 1. The zero-order valence-corrected chi connectivity index (χ0v) is 23.7. The smallest absolute Gasteiger partial charge is 0.338 e. The molecular weight excluding hydrogens is 550 g/mol. The predicted octanol–water partition coefficient (Wildman–Crippen LogP) is 3.20. The molecule has 0 aliphatic carbocycles. The first-order valence-corrected chi connectivity index (χ1v) is 13.9. The van der Waals surface area contributed by atoms with E-state index in [4.69, 9.17) is 14.7 Å². The van der Waals surface area contributed by atoms with Crippen LogP contribution in [-0.4, -0.2) is 63.1 Å². The van der Waals surface area contributed by atoms with Gasteiger partial charge in [0.2, 0.25) is 5.91 Å². The van der Waals surface area contributed by atoms with Crippen molar-refractivity contribution in [3.05, 3.63) is 89.0 Å². The number of hydrogen-bond donors (Lipinski definition) is 2. The van der Waals surface area contributed by atoms with Crippen molar-refractivity contribution in [1.29, 1.82) is 0 Å². The summed E-state index contributed by atoms with van der Waals surface area (Å²) in [4.78, 5) is 44.8. The van der Waals surface area contributed by atoms with Crippen LogP contribution in [0.3, 0.4) is 0 Å². The van der Waals surface area contributed by atoms with Gasteiger partial charge in [-0.2, -0.15) is 0 Å². The van der Waals surface area contributed by atoms with E-state index >= 15 is 0 Å². The van der Waals surface area contributed by atoms with Crippen LogP contribution in [0.2, 0.25) is 0 Å². The van der Waals surface area contributed by atoms with Gasteiger partial charge in [0.25, 0.3) is 15.9 Å². The lowest BCUT2D eigenvalue weighted by Crippen LogP contribution is -2.31. The van der Waals surface area contributed by atoms with E-state index in [-0.39, 0.29) is 34.9 Å². The molecule has 1 heterocycles. The number of fused-ring (bicyclic) bond motifs is 1. The number of hydroxylamine groups is 1. The lowest BCUT2D eigenvalue weighted by Gasteiger charge is -2.18. The highest BCUT2D eigenvalue weighted by molar-refractivity contribution is 7.89. The molecule has 0 aromatic heterocycles. The van der Waals surface area contributed by atoms with E-state index in [0.29, 0.717) is 32.5 Å². The van der Waals surface area contributed by atoms with Crippen molar-refractivity contribution in [1.82, 2.24) is 4.47 Å². The number of aryl methyl sites for hydroxylation is 1. The van der Waals surface area contributed by atoms with Crippen molar-refractivity contribution in [2.24, 2.45) is 0 Å². The van der Waals surface area contributed by atoms with Gasteiger partial charge in [-0.15, -0.1) is 0 Å². The summed E-state index contributed by atoms with van der Waals surface area (Å²) in [5.41, 5.74) is 3.17. The summed E-state index contributed by atoms with van der Waals surface area (Å²) in [6, 6.07) is 18.0. The first kappa shape index (κ1) is 29.6. The number of aliphatic hydroxyl groups excluding tert-OH is 1. The minimum absolute atomic E-state index is 0.0478. The third kappa shape index (κ3) is 5.77. The standard InChI is InChI=1S/C29H29N3O8S/c1-18-16-24-25(17-23(18)29(36)39-4)32(19(2)34)28(35)26(24)27(20-8-6-5-7-9-20)30-21-10-12-22(13-11-21)41(37,38)31(3)40-15-14-33/h5-13,16-17,30,33H,14-15H2,1-4H3/b27-26-. The number of ether oxygens (including phenoxy) is 1. The second-order valence-corrected chi connectivity index (χ2v) is 11.0. The highest BCUT2D eigenvalue weighted by atomic mass is 32.2. The molecule has 3 aromatic carbocycles. The molecule has 11 nitrogen and oxygen atoms in total. The Morgan fingerprint density at radius 2 is 1.71 bits per heavy atom. The fourth-order valence-electron chi connectivity index (χ4n) is 4.43. The summed E-state index contributed by atoms with van der Waals surface area (Å²) in [6.07, 6.45) is 0. The average molecular weight is 580 g/mol. The average Bonchev–Trinajstić information content (AvgIpc) is 3.24. The van der Waals surface area contributed by atoms with Crippen molar-refractivity contribution in [2.75, 3.05) is 37.6 Å². The van der Waals surface area contributed by atoms with Gasteiger partial charge in [0.1, 0.15) is 0 Å². The summed E-state index contributed by atoms with van der Waals surface area (Å²) in [5, 5.41) is 12.2. The van der Waals surface area contributed by atoms with Crippen LogP contribution in [0.4, 0.5) is 11.4 Å². The summed E-state index contributed by atoms with van der Waals surface area (Å²) < 4.78 is 31.1.